The van der Waals surface area contributed by atoms with Crippen molar-refractivity contribution in [2.45, 2.75) is 65.0 Å². The van der Waals surface area contributed by atoms with Crippen LogP contribution in [0.15, 0.2) is 12.1 Å². The van der Waals surface area contributed by atoms with Crippen molar-refractivity contribution >= 4 is 5.97 Å². The summed E-state index contributed by atoms with van der Waals surface area (Å²) in [5, 5.41) is 0. The molecule has 3 rings (SSSR count). The molecular formula is C24H38N2O4. The summed E-state index contributed by atoms with van der Waals surface area (Å²) in [6.07, 6.45) is -2.54. The summed E-state index contributed by atoms with van der Waals surface area (Å²) in [7, 11) is 3.13. The van der Waals surface area contributed by atoms with Crippen molar-refractivity contribution in [2.75, 3.05) is 27.3 Å². The summed E-state index contributed by atoms with van der Waals surface area (Å²) in [4.78, 5) is 15.0. The lowest BCUT2D eigenvalue weighted by molar-refractivity contribution is -0.160. The van der Waals surface area contributed by atoms with E-state index in [0.29, 0.717) is 24.5 Å². The molecule has 0 spiro atoms. The summed E-state index contributed by atoms with van der Waals surface area (Å²) < 4.78 is 66.5. The van der Waals surface area contributed by atoms with Crippen LogP contribution in [0.25, 0.3) is 0 Å². The summed E-state index contributed by atoms with van der Waals surface area (Å²) in [5.41, 5.74) is 8.06. The van der Waals surface area contributed by atoms with Crippen LogP contribution >= 0.6 is 0 Å². The van der Waals surface area contributed by atoms with Crippen LogP contribution in [0.3, 0.4) is 0 Å². The lowest BCUT2D eigenvalue weighted by Crippen LogP contribution is -2.51. The van der Waals surface area contributed by atoms with Gasteiger partial charge in [0.2, 0.25) is 0 Å². The Kier molecular flexibility index (Phi) is 5.08. The van der Waals surface area contributed by atoms with E-state index < -0.39 is 43.2 Å². The van der Waals surface area contributed by atoms with Gasteiger partial charge in [-0.3, -0.25) is 9.69 Å². The predicted octanol–water partition coefficient (Wildman–Crippen LogP) is 3.56. The number of benzene rings is 1. The molecule has 0 radical (unpaired) electrons. The molecule has 1 saturated heterocycles. The first-order valence-electron chi connectivity index (χ1n) is 13.5. The minimum absolute atomic E-state index is 0.130. The highest BCUT2D eigenvalue weighted by atomic mass is 16.5. The minimum atomic E-state index is -2.88. The van der Waals surface area contributed by atoms with Gasteiger partial charge in [-0.15, -0.1) is 0 Å². The summed E-state index contributed by atoms with van der Waals surface area (Å²) in [6.45, 7) is 2.52. The van der Waals surface area contributed by atoms with E-state index in [9.17, 15) is 4.79 Å². The van der Waals surface area contributed by atoms with Gasteiger partial charge in [-0.25, -0.2) is 0 Å². The number of methoxy groups -OCH3 is 2. The highest BCUT2D eigenvalue weighted by Gasteiger charge is 2.41. The first kappa shape index (κ1) is 15.9. The zero-order chi connectivity index (χ0) is 27.2. The van der Waals surface area contributed by atoms with E-state index in [1.54, 1.807) is 28.1 Å². The third-order valence-corrected chi connectivity index (χ3v) is 6.11. The number of nitrogens with zero attached hydrogens (tertiary/aromatic N) is 1. The fourth-order valence-electron chi connectivity index (χ4n) is 4.38. The standard InChI is InChI=1S/C24H38N2O4/c1-14(2)9-17-13-26-8-7-16-10-21(28-5)22(29-6)11-18(16)19(26)12-20(17)30-24(27)23(25)15(3)4/h10-11,14-15,17,19-20,23H,7-9,12-13,25H2,1-6H3/t17-,19-,20-,23+/m1/s1/i1D3,9D2,14D/t14?,17-,19-,20-,23+. The Bertz CT molecular complexity index is 969. The number of hydrogen-bond donors (Lipinski definition) is 1. The molecule has 2 heterocycles. The first-order chi connectivity index (χ1) is 16.6. The number of carbonyl (C=O) groups is 1. The van der Waals surface area contributed by atoms with Crippen molar-refractivity contribution in [3.8, 4) is 11.5 Å². The molecule has 2 N–H and O–H groups in total. The van der Waals surface area contributed by atoms with Gasteiger partial charge in [-0.05, 0) is 47.9 Å². The lowest BCUT2D eigenvalue weighted by atomic mass is 9.79. The van der Waals surface area contributed by atoms with Gasteiger partial charge in [0, 0.05) is 39.7 Å². The number of fused-ring (bicyclic) bond motifs is 3. The minimum Gasteiger partial charge on any atom is -0.493 e. The van der Waals surface area contributed by atoms with Crippen molar-refractivity contribution in [1.82, 2.24) is 4.90 Å². The highest BCUT2D eigenvalue weighted by molar-refractivity contribution is 5.76. The molecule has 30 heavy (non-hydrogen) atoms. The quantitative estimate of drug-likeness (QED) is 0.675. The molecule has 1 unspecified atom stereocenters. The van der Waals surface area contributed by atoms with Crippen LogP contribution in [-0.4, -0.2) is 50.3 Å². The average Bonchev–Trinajstić information content (AvgIpc) is 2.80. The molecule has 5 atom stereocenters. The normalized spacial score (nSPS) is 30.7. The molecule has 168 valence electrons. The second kappa shape index (κ2) is 9.56. The van der Waals surface area contributed by atoms with Gasteiger partial charge in [0.05, 0.1) is 14.2 Å². The summed E-state index contributed by atoms with van der Waals surface area (Å²) in [6, 6.07) is 2.72. The van der Waals surface area contributed by atoms with Gasteiger partial charge < -0.3 is 19.9 Å². The number of esters is 1. The van der Waals surface area contributed by atoms with E-state index in [1.165, 1.54) is 0 Å². The van der Waals surface area contributed by atoms with E-state index >= 15 is 0 Å². The Labute approximate surface area is 189 Å². The number of nitrogens with two attached hydrogens (primary N) is 1. The molecule has 0 bridgehead atoms. The maximum atomic E-state index is 12.9. The Morgan fingerprint density at radius 1 is 1.33 bits per heavy atom. The van der Waals surface area contributed by atoms with Gasteiger partial charge in [0.1, 0.15) is 12.1 Å². The van der Waals surface area contributed by atoms with Gasteiger partial charge in [-0.1, -0.05) is 27.6 Å². The van der Waals surface area contributed by atoms with Crippen molar-refractivity contribution in [1.29, 1.82) is 0 Å². The Morgan fingerprint density at radius 3 is 2.67 bits per heavy atom. The Hall–Kier alpha value is -1.79. The molecule has 6 heteroatoms. The van der Waals surface area contributed by atoms with Crippen LogP contribution in [0.4, 0.5) is 0 Å². The molecule has 1 aromatic rings. The smallest absolute Gasteiger partial charge is 0.323 e. The number of hydrogen-bond acceptors (Lipinski definition) is 6. The van der Waals surface area contributed by atoms with Crippen molar-refractivity contribution in [2.24, 2.45) is 23.5 Å². The van der Waals surface area contributed by atoms with Gasteiger partial charge >= 0.3 is 5.97 Å². The topological polar surface area (TPSA) is 74.0 Å². The maximum absolute atomic E-state index is 12.9. The average molecular weight is 425 g/mol. The number of piperidine rings is 1. The number of ether oxygens (including phenoxy) is 3. The van der Waals surface area contributed by atoms with Crippen LogP contribution in [0.2, 0.25) is 0 Å². The fourth-order valence-corrected chi connectivity index (χ4v) is 4.38. The van der Waals surface area contributed by atoms with Gasteiger partial charge in [0.15, 0.2) is 11.5 Å². The second-order valence-corrected chi connectivity index (χ2v) is 8.52. The second-order valence-electron chi connectivity index (χ2n) is 8.52. The van der Waals surface area contributed by atoms with Crippen molar-refractivity contribution < 1.29 is 27.2 Å². The fraction of sp³-hybridized carbons (Fsp3) is 0.708. The molecule has 2 aliphatic heterocycles. The summed E-state index contributed by atoms with van der Waals surface area (Å²) >= 11 is 0. The van der Waals surface area contributed by atoms with Crippen LogP contribution < -0.4 is 15.2 Å². The monoisotopic (exact) mass is 424 g/mol. The Balaban J connectivity index is 2.04. The maximum Gasteiger partial charge on any atom is 0.323 e. The largest absolute Gasteiger partial charge is 0.493 e. The zero-order valence-corrected chi connectivity index (χ0v) is 18.5. The van der Waals surface area contributed by atoms with Crippen molar-refractivity contribution in [3.05, 3.63) is 23.3 Å². The molecule has 0 aliphatic carbocycles. The van der Waals surface area contributed by atoms with E-state index in [1.807, 2.05) is 12.1 Å². The molecule has 6 nitrogen and oxygen atoms in total. The van der Waals surface area contributed by atoms with E-state index in [0.717, 1.165) is 18.1 Å². The predicted molar refractivity (Wildman–Crippen MR) is 118 cm³/mol. The van der Waals surface area contributed by atoms with E-state index in [-0.39, 0.29) is 24.9 Å². The molecule has 1 aromatic carbocycles. The SMILES string of the molecule is [2H]C([2H])([2H])C([2H])(C)C([2H])([2H])[C@@H]1CN2CCc3cc(OC)c(OC)cc3[C@H]2C[C@H]1OC(=O)[C@@H](N)C(C)C. The van der Waals surface area contributed by atoms with E-state index in [2.05, 4.69) is 4.90 Å². The molecular weight excluding hydrogens is 380 g/mol. The highest BCUT2D eigenvalue weighted by Crippen LogP contribution is 2.44. The summed E-state index contributed by atoms with van der Waals surface area (Å²) in [5.74, 6) is -3.14. The number of carbonyl (C=O) groups excluding carboxylic acids is 1. The molecule has 0 amide bonds. The van der Waals surface area contributed by atoms with Crippen LogP contribution in [0, 0.1) is 17.7 Å². The Morgan fingerprint density at radius 2 is 2.03 bits per heavy atom. The molecule has 2 aliphatic rings. The van der Waals surface area contributed by atoms with E-state index in [4.69, 9.17) is 28.2 Å². The van der Waals surface area contributed by atoms with Gasteiger partial charge in [-0.2, -0.15) is 0 Å². The number of rotatable bonds is 7. The molecule has 1 fully saturated rings. The van der Waals surface area contributed by atoms with Crippen LogP contribution in [0.5, 0.6) is 11.5 Å². The third-order valence-electron chi connectivity index (χ3n) is 6.11. The molecule has 0 aromatic heterocycles. The third kappa shape index (κ3) is 4.75. The van der Waals surface area contributed by atoms with Crippen LogP contribution in [-0.2, 0) is 16.0 Å². The lowest BCUT2D eigenvalue weighted by Gasteiger charge is -2.47. The van der Waals surface area contributed by atoms with Crippen molar-refractivity contribution in [3.63, 3.8) is 0 Å². The molecule has 0 saturated carbocycles. The zero-order valence-electron chi connectivity index (χ0n) is 24.5. The first-order valence-corrected chi connectivity index (χ1v) is 10.5. The van der Waals surface area contributed by atoms with Gasteiger partial charge in [0.25, 0.3) is 0 Å². The van der Waals surface area contributed by atoms with Crippen LogP contribution in [0.1, 0.15) is 65.8 Å².